The minimum Gasteiger partial charge on any atom is -0.399 e. The molecule has 20 heavy (non-hydrogen) atoms. The van der Waals surface area contributed by atoms with Crippen molar-refractivity contribution in [1.82, 2.24) is 10.1 Å². The lowest BCUT2D eigenvalue weighted by atomic mass is 10.1. The second-order valence-electron chi connectivity index (χ2n) is 4.88. The molecule has 0 aliphatic carbocycles. The first-order chi connectivity index (χ1) is 9.67. The van der Waals surface area contributed by atoms with Crippen molar-refractivity contribution in [1.29, 1.82) is 0 Å². The number of nitrogens with two attached hydrogens (primary N) is 1. The van der Waals surface area contributed by atoms with E-state index in [1.54, 1.807) is 0 Å². The van der Waals surface area contributed by atoms with Crippen LogP contribution in [0, 0.1) is 0 Å². The first-order valence-electron chi connectivity index (χ1n) is 6.95. The maximum atomic E-state index is 5.66. The topological polar surface area (TPSA) is 64.9 Å². The fourth-order valence-electron chi connectivity index (χ4n) is 1.72. The van der Waals surface area contributed by atoms with Gasteiger partial charge in [0.05, 0.1) is 5.75 Å². The minimum atomic E-state index is 0.631. The Morgan fingerprint density at radius 1 is 1.25 bits per heavy atom. The third kappa shape index (κ3) is 4.56. The van der Waals surface area contributed by atoms with Crippen LogP contribution in [0.1, 0.15) is 37.5 Å². The van der Waals surface area contributed by atoms with Crippen molar-refractivity contribution >= 4 is 17.4 Å². The fourth-order valence-corrected chi connectivity index (χ4v) is 2.51. The SMILES string of the molecule is CCC(C)SCc1noc(CCc2ccc(N)cc2)n1. The number of hydrogen-bond donors (Lipinski definition) is 1. The largest absolute Gasteiger partial charge is 0.399 e. The van der Waals surface area contributed by atoms with Crippen LogP contribution in [0.15, 0.2) is 28.8 Å². The highest BCUT2D eigenvalue weighted by atomic mass is 32.2. The molecule has 1 heterocycles. The van der Waals surface area contributed by atoms with Gasteiger partial charge in [-0.2, -0.15) is 16.7 Å². The highest BCUT2D eigenvalue weighted by Gasteiger charge is 2.08. The number of rotatable bonds is 7. The summed E-state index contributed by atoms with van der Waals surface area (Å²) in [7, 11) is 0. The van der Waals surface area contributed by atoms with E-state index in [1.807, 2.05) is 36.0 Å². The molecule has 0 amide bonds. The Morgan fingerprint density at radius 2 is 2.00 bits per heavy atom. The van der Waals surface area contributed by atoms with E-state index in [1.165, 1.54) is 5.56 Å². The zero-order valence-corrected chi connectivity index (χ0v) is 12.8. The van der Waals surface area contributed by atoms with Gasteiger partial charge in [-0.25, -0.2) is 0 Å². The Kier molecular flexibility index (Phi) is 5.47. The van der Waals surface area contributed by atoms with Gasteiger partial charge in [0.15, 0.2) is 5.82 Å². The normalized spacial score (nSPS) is 12.5. The fraction of sp³-hybridized carbons (Fsp3) is 0.467. The molecule has 0 aliphatic heterocycles. The standard InChI is InChI=1S/C15H21N3OS/c1-3-11(2)20-10-14-17-15(19-18-14)9-6-12-4-7-13(16)8-5-12/h4-5,7-8,11H,3,6,9-10,16H2,1-2H3. The summed E-state index contributed by atoms with van der Waals surface area (Å²) in [5.74, 6) is 2.32. The molecule has 1 unspecified atom stereocenters. The van der Waals surface area contributed by atoms with E-state index in [9.17, 15) is 0 Å². The maximum Gasteiger partial charge on any atom is 0.227 e. The van der Waals surface area contributed by atoms with Gasteiger partial charge in [0, 0.05) is 17.4 Å². The van der Waals surface area contributed by atoms with Gasteiger partial charge in [0.2, 0.25) is 5.89 Å². The molecular formula is C15H21N3OS. The van der Waals surface area contributed by atoms with Crippen LogP contribution in [0.4, 0.5) is 5.69 Å². The van der Waals surface area contributed by atoms with Crippen LogP contribution in [0.25, 0.3) is 0 Å². The molecule has 0 aliphatic rings. The third-order valence-corrected chi connectivity index (χ3v) is 4.52. The number of nitrogens with zero attached hydrogens (tertiary/aromatic N) is 2. The molecule has 2 rings (SSSR count). The van der Waals surface area contributed by atoms with Gasteiger partial charge >= 0.3 is 0 Å². The van der Waals surface area contributed by atoms with Crippen LogP contribution < -0.4 is 5.73 Å². The molecule has 0 fully saturated rings. The van der Waals surface area contributed by atoms with Crippen molar-refractivity contribution < 1.29 is 4.52 Å². The molecule has 2 N–H and O–H groups in total. The lowest BCUT2D eigenvalue weighted by molar-refractivity contribution is 0.374. The quantitative estimate of drug-likeness (QED) is 0.791. The highest BCUT2D eigenvalue weighted by molar-refractivity contribution is 7.99. The highest BCUT2D eigenvalue weighted by Crippen LogP contribution is 2.18. The van der Waals surface area contributed by atoms with Crippen molar-refractivity contribution in [3.05, 3.63) is 41.5 Å². The molecule has 0 radical (unpaired) electrons. The Morgan fingerprint density at radius 3 is 2.70 bits per heavy atom. The zero-order valence-electron chi connectivity index (χ0n) is 12.0. The molecular weight excluding hydrogens is 270 g/mol. The lowest BCUT2D eigenvalue weighted by Crippen LogP contribution is -1.96. The van der Waals surface area contributed by atoms with E-state index in [0.717, 1.165) is 36.5 Å². The van der Waals surface area contributed by atoms with Gasteiger partial charge in [-0.15, -0.1) is 0 Å². The maximum absolute atomic E-state index is 5.66. The second kappa shape index (κ2) is 7.33. The number of aryl methyl sites for hydroxylation is 2. The molecule has 0 spiro atoms. The van der Waals surface area contributed by atoms with Gasteiger partial charge in [-0.05, 0) is 30.5 Å². The Balaban J connectivity index is 1.82. The number of anilines is 1. The number of hydrogen-bond acceptors (Lipinski definition) is 5. The van der Waals surface area contributed by atoms with Crippen LogP contribution in [0.3, 0.4) is 0 Å². The smallest absolute Gasteiger partial charge is 0.227 e. The van der Waals surface area contributed by atoms with Gasteiger partial charge in [0.25, 0.3) is 0 Å². The first kappa shape index (κ1) is 14.9. The van der Waals surface area contributed by atoms with Crippen LogP contribution in [-0.2, 0) is 18.6 Å². The molecule has 5 heteroatoms. The summed E-state index contributed by atoms with van der Waals surface area (Å²) in [4.78, 5) is 4.43. The van der Waals surface area contributed by atoms with Crippen molar-refractivity contribution in [2.45, 2.75) is 44.1 Å². The van der Waals surface area contributed by atoms with E-state index < -0.39 is 0 Å². The van der Waals surface area contributed by atoms with Gasteiger partial charge < -0.3 is 10.3 Å². The Hall–Kier alpha value is -1.49. The van der Waals surface area contributed by atoms with Crippen LogP contribution in [0.5, 0.6) is 0 Å². The predicted molar refractivity (Wildman–Crippen MR) is 83.6 cm³/mol. The summed E-state index contributed by atoms with van der Waals surface area (Å²) in [5, 5.41) is 4.65. The molecule has 0 bridgehead atoms. The van der Waals surface area contributed by atoms with E-state index >= 15 is 0 Å². The number of benzene rings is 1. The van der Waals surface area contributed by atoms with Gasteiger partial charge in [-0.3, -0.25) is 0 Å². The summed E-state index contributed by atoms with van der Waals surface area (Å²) in [6.45, 7) is 4.40. The van der Waals surface area contributed by atoms with Crippen molar-refractivity contribution in [3.8, 4) is 0 Å². The van der Waals surface area contributed by atoms with Crippen molar-refractivity contribution in [2.75, 3.05) is 5.73 Å². The van der Waals surface area contributed by atoms with Crippen molar-refractivity contribution in [3.63, 3.8) is 0 Å². The molecule has 1 aromatic heterocycles. The van der Waals surface area contributed by atoms with Gasteiger partial charge in [-0.1, -0.05) is 31.1 Å². The number of nitrogen functional groups attached to an aromatic ring is 1. The predicted octanol–water partition coefficient (Wildman–Crippen LogP) is 3.47. The first-order valence-corrected chi connectivity index (χ1v) is 7.99. The van der Waals surface area contributed by atoms with E-state index in [-0.39, 0.29) is 0 Å². The molecule has 108 valence electrons. The van der Waals surface area contributed by atoms with Crippen LogP contribution >= 0.6 is 11.8 Å². The molecule has 0 saturated carbocycles. The third-order valence-electron chi connectivity index (χ3n) is 3.19. The van der Waals surface area contributed by atoms with Crippen molar-refractivity contribution in [2.24, 2.45) is 0 Å². The summed E-state index contributed by atoms with van der Waals surface area (Å²) >= 11 is 1.86. The summed E-state index contributed by atoms with van der Waals surface area (Å²) in [6.07, 6.45) is 2.82. The average molecular weight is 291 g/mol. The van der Waals surface area contributed by atoms with E-state index in [4.69, 9.17) is 10.3 Å². The lowest BCUT2D eigenvalue weighted by Gasteiger charge is -2.04. The van der Waals surface area contributed by atoms with Crippen LogP contribution in [0.2, 0.25) is 0 Å². The molecule has 1 atom stereocenters. The average Bonchev–Trinajstić information content (AvgIpc) is 2.92. The van der Waals surface area contributed by atoms with Crippen LogP contribution in [-0.4, -0.2) is 15.4 Å². The number of aromatic nitrogens is 2. The van der Waals surface area contributed by atoms with E-state index in [2.05, 4.69) is 24.0 Å². The molecule has 0 saturated heterocycles. The zero-order chi connectivity index (χ0) is 14.4. The monoisotopic (exact) mass is 291 g/mol. The minimum absolute atomic E-state index is 0.631. The summed E-state index contributed by atoms with van der Waals surface area (Å²) in [5.41, 5.74) is 7.68. The second-order valence-corrected chi connectivity index (χ2v) is 6.30. The summed E-state index contributed by atoms with van der Waals surface area (Å²) in [6, 6.07) is 7.89. The van der Waals surface area contributed by atoms with E-state index in [0.29, 0.717) is 11.1 Å². The summed E-state index contributed by atoms with van der Waals surface area (Å²) < 4.78 is 5.28. The Bertz CT molecular complexity index is 524. The number of thioether (sulfide) groups is 1. The molecule has 1 aromatic carbocycles. The Labute approximate surface area is 124 Å². The van der Waals surface area contributed by atoms with Gasteiger partial charge in [0.1, 0.15) is 0 Å². The molecule has 4 nitrogen and oxygen atoms in total. The molecule has 2 aromatic rings.